The van der Waals surface area contributed by atoms with E-state index in [-0.39, 0.29) is 15.4 Å². The Bertz CT molecular complexity index is 848. The highest BCUT2D eigenvalue weighted by atomic mass is 32.2. The van der Waals surface area contributed by atoms with Gasteiger partial charge in [-0.05, 0) is 31.4 Å². The van der Waals surface area contributed by atoms with Gasteiger partial charge in [0.05, 0.1) is 0 Å². The van der Waals surface area contributed by atoms with Crippen LogP contribution in [0.3, 0.4) is 0 Å². The van der Waals surface area contributed by atoms with Crippen LogP contribution >= 0.6 is 11.3 Å². The molecule has 148 valence electrons. The first-order valence-corrected chi connectivity index (χ1v) is 11.4. The summed E-state index contributed by atoms with van der Waals surface area (Å²) in [5, 5.41) is 10.2. The van der Waals surface area contributed by atoms with Gasteiger partial charge in [0.25, 0.3) is 15.9 Å². The summed E-state index contributed by atoms with van der Waals surface area (Å²) in [4.78, 5) is 12.2. The summed E-state index contributed by atoms with van der Waals surface area (Å²) in [5.74, 6) is -0.0537. The second-order valence-corrected chi connectivity index (χ2v) is 9.38. The number of amides is 1. The molecule has 0 fully saturated rings. The van der Waals surface area contributed by atoms with Crippen molar-refractivity contribution in [3.8, 4) is 0 Å². The van der Waals surface area contributed by atoms with Crippen LogP contribution in [0.15, 0.2) is 28.6 Å². The molecule has 0 saturated heterocycles. The number of sulfonamides is 1. The summed E-state index contributed by atoms with van der Waals surface area (Å²) in [5.41, 5.74) is 1.52. The van der Waals surface area contributed by atoms with Gasteiger partial charge < -0.3 is 0 Å². The lowest BCUT2D eigenvalue weighted by atomic mass is 10.00. The lowest BCUT2D eigenvalue weighted by molar-refractivity contribution is 0.102. The van der Waals surface area contributed by atoms with E-state index in [0.29, 0.717) is 18.0 Å². The number of rotatable bonds is 10. The predicted molar refractivity (Wildman–Crippen MR) is 108 cm³/mol. The fraction of sp³-hybridized carbons (Fsp3) is 0.500. The lowest BCUT2D eigenvalue weighted by Gasteiger charge is -2.14. The first-order valence-electron chi connectivity index (χ1n) is 9.07. The average Bonchev–Trinajstić information content (AvgIpc) is 3.12. The fourth-order valence-electron chi connectivity index (χ4n) is 2.48. The van der Waals surface area contributed by atoms with E-state index in [0.717, 1.165) is 42.6 Å². The number of unbranched alkanes of at least 4 members (excludes halogenated alkanes) is 1. The van der Waals surface area contributed by atoms with Crippen molar-refractivity contribution >= 4 is 32.4 Å². The second kappa shape index (κ2) is 9.91. The highest BCUT2D eigenvalue weighted by Crippen LogP contribution is 2.21. The number of carbonyl (C=O) groups excluding carboxylic acids is 1. The van der Waals surface area contributed by atoms with Gasteiger partial charge in [0.1, 0.15) is 0 Å². The molecule has 2 rings (SSSR count). The third kappa shape index (κ3) is 6.37. The minimum absolute atomic E-state index is 0.146. The third-order valence-electron chi connectivity index (χ3n) is 4.28. The normalized spacial score (nSPS) is 12.7. The Morgan fingerprint density at radius 1 is 1.19 bits per heavy atom. The number of benzene rings is 1. The van der Waals surface area contributed by atoms with Crippen molar-refractivity contribution in [1.82, 2.24) is 14.9 Å². The number of carbonyl (C=O) groups is 1. The van der Waals surface area contributed by atoms with Crippen molar-refractivity contribution in [3.05, 3.63) is 35.4 Å². The quantitative estimate of drug-likeness (QED) is 0.583. The minimum Gasteiger partial charge on any atom is -0.296 e. The molecule has 1 aromatic heterocycles. The summed E-state index contributed by atoms with van der Waals surface area (Å²) < 4.78 is 27.3. The van der Waals surface area contributed by atoms with Crippen LogP contribution in [0, 0.1) is 12.8 Å². The molecule has 0 bridgehead atoms. The molecule has 0 aliphatic heterocycles. The molecular weight excluding hydrogens is 384 g/mol. The molecule has 1 atom stereocenters. The molecule has 2 N–H and O–H groups in total. The van der Waals surface area contributed by atoms with Crippen molar-refractivity contribution < 1.29 is 13.2 Å². The molecule has 1 amide bonds. The standard InChI is InChI=1S/C18H26N4O3S2/c1-4-6-7-14(5-2)12-19-27(24,25)18-22-21-17(26-18)20-16(23)15-10-8-13(3)9-11-15/h8-11,14,19H,4-7,12H2,1-3H3,(H,20,21,23). The number of aromatic nitrogens is 2. The molecule has 0 radical (unpaired) electrons. The van der Waals surface area contributed by atoms with E-state index in [1.54, 1.807) is 12.1 Å². The van der Waals surface area contributed by atoms with Crippen LogP contribution in [0.1, 0.15) is 55.5 Å². The maximum atomic E-state index is 12.4. The van der Waals surface area contributed by atoms with Gasteiger partial charge in [0.2, 0.25) is 9.47 Å². The van der Waals surface area contributed by atoms with E-state index in [4.69, 9.17) is 0 Å². The van der Waals surface area contributed by atoms with Crippen molar-refractivity contribution in [2.24, 2.45) is 5.92 Å². The Morgan fingerprint density at radius 2 is 1.89 bits per heavy atom. The monoisotopic (exact) mass is 410 g/mol. The Morgan fingerprint density at radius 3 is 2.52 bits per heavy atom. The highest BCUT2D eigenvalue weighted by molar-refractivity contribution is 7.91. The Kier molecular flexibility index (Phi) is 7.88. The summed E-state index contributed by atoms with van der Waals surface area (Å²) >= 11 is 0.838. The van der Waals surface area contributed by atoms with Crippen molar-refractivity contribution in [3.63, 3.8) is 0 Å². The maximum Gasteiger partial charge on any atom is 0.269 e. The van der Waals surface area contributed by atoms with E-state index in [1.807, 2.05) is 19.1 Å². The molecular formula is C18H26N4O3S2. The van der Waals surface area contributed by atoms with E-state index in [1.165, 1.54) is 0 Å². The number of nitrogens with one attached hydrogen (secondary N) is 2. The first-order chi connectivity index (χ1) is 12.9. The van der Waals surface area contributed by atoms with Gasteiger partial charge in [-0.3, -0.25) is 10.1 Å². The SMILES string of the molecule is CCCCC(CC)CNS(=O)(=O)c1nnc(NC(=O)c2ccc(C)cc2)s1. The molecule has 0 aliphatic rings. The van der Waals surface area contributed by atoms with Crippen LogP contribution in [0.25, 0.3) is 0 Å². The third-order valence-corrected chi connectivity index (χ3v) is 6.91. The summed E-state index contributed by atoms with van der Waals surface area (Å²) in [6.07, 6.45) is 4.07. The molecule has 1 unspecified atom stereocenters. The molecule has 0 spiro atoms. The van der Waals surface area contributed by atoms with Crippen LogP contribution in [0.4, 0.5) is 5.13 Å². The number of anilines is 1. The zero-order valence-electron chi connectivity index (χ0n) is 15.9. The molecule has 7 nitrogen and oxygen atoms in total. The maximum absolute atomic E-state index is 12.4. The van der Waals surface area contributed by atoms with E-state index < -0.39 is 10.0 Å². The van der Waals surface area contributed by atoms with E-state index in [9.17, 15) is 13.2 Å². The number of hydrogen-bond donors (Lipinski definition) is 2. The number of aryl methyl sites for hydroxylation is 1. The van der Waals surface area contributed by atoms with Crippen molar-refractivity contribution in [2.45, 2.75) is 50.8 Å². The average molecular weight is 411 g/mol. The summed E-state index contributed by atoms with van der Waals surface area (Å²) in [7, 11) is -3.73. The van der Waals surface area contributed by atoms with Crippen molar-refractivity contribution in [1.29, 1.82) is 0 Å². The van der Waals surface area contributed by atoms with Gasteiger partial charge in [-0.2, -0.15) is 0 Å². The van der Waals surface area contributed by atoms with Crippen molar-refractivity contribution in [2.75, 3.05) is 11.9 Å². The van der Waals surface area contributed by atoms with Gasteiger partial charge in [-0.15, -0.1) is 10.2 Å². The number of hydrogen-bond acceptors (Lipinski definition) is 6. The van der Waals surface area contributed by atoms with Gasteiger partial charge in [0, 0.05) is 12.1 Å². The molecule has 2 aromatic rings. The van der Waals surface area contributed by atoms with Crippen LogP contribution in [0.5, 0.6) is 0 Å². The van der Waals surface area contributed by atoms with Gasteiger partial charge in [0.15, 0.2) is 0 Å². The van der Waals surface area contributed by atoms with Crippen LogP contribution in [-0.2, 0) is 10.0 Å². The first kappa shape index (κ1) is 21.5. The Labute approximate surface area is 164 Å². The summed E-state index contributed by atoms with van der Waals surface area (Å²) in [6.45, 7) is 6.48. The predicted octanol–water partition coefficient (Wildman–Crippen LogP) is 3.59. The zero-order chi connectivity index (χ0) is 19.9. The smallest absolute Gasteiger partial charge is 0.269 e. The molecule has 1 heterocycles. The lowest BCUT2D eigenvalue weighted by Crippen LogP contribution is -2.29. The Hall–Kier alpha value is -1.84. The van der Waals surface area contributed by atoms with Gasteiger partial charge in [-0.25, -0.2) is 13.1 Å². The second-order valence-electron chi connectivity index (χ2n) is 6.46. The van der Waals surface area contributed by atoms with Crippen LogP contribution in [0.2, 0.25) is 0 Å². The minimum atomic E-state index is -3.73. The molecule has 0 aliphatic carbocycles. The molecule has 27 heavy (non-hydrogen) atoms. The molecule has 9 heteroatoms. The van der Waals surface area contributed by atoms with Gasteiger partial charge in [-0.1, -0.05) is 62.1 Å². The zero-order valence-corrected chi connectivity index (χ0v) is 17.5. The van der Waals surface area contributed by atoms with E-state index >= 15 is 0 Å². The largest absolute Gasteiger partial charge is 0.296 e. The molecule has 0 saturated carbocycles. The Balaban J connectivity index is 1.98. The van der Waals surface area contributed by atoms with Crippen LogP contribution < -0.4 is 10.0 Å². The van der Waals surface area contributed by atoms with Crippen LogP contribution in [-0.4, -0.2) is 31.1 Å². The van der Waals surface area contributed by atoms with E-state index in [2.05, 4.69) is 34.1 Å². The summed E-state index contributed by atoms with van der Waals surface area (Å²) in [6, 6.07) is 7.06. The highest BCUT2D eigenvalue weighted by Gasteiger charge is 2.22. The molecule has 1 aromatic carbocycles. The fourth-order valence-corrected chi connectivity index (χ4v) is 4.53. The number of nitrogens with zero attached hydrogens (tertiary/aromatic N) is 2. The topological polar surface area (TPSA) is 101 Å². The van der Waals surface area contributed by atoms with Gasteiger partial charge >= 0.3 is 0 Å².